The van der Waals surface area contributed by atoms with Gasteiger partial charge in [0.1, 0.15) is 5.82 Å². The lowest BCUT2D eigenvalue weighted by atomic mass is 9.94. The Kier molecular flexibility index (Phi) is 5.29. The molecule has 0 saturated carbocycles. The van der Waals surface area contributed by atoms with Crippen molar-refractivity contribution in [3.63, 3.8) is 0 Å². The molecule has 1 aromatic carbocycles. The van der Waals surface area contributed by atoms with Gasteiger partial charge in [-0.3, -0.25) is 4.79 Å². The Morgan fingerprint density at radius 1 is 1.29 bits per heavy atom. The maximum absolute atomic E-state index is 10.9. The molecule has 1 fully saturated rings. The van der Waals surface area contributed by atoms with Crippen LogP contribution in [0.15, 0.2) is 35.5 Å². The Hall–Kier alpha value is -2.12. The van der Waals surface area contributed by atoms with Crippen LogP contribution in [-0.2, 0) is 16.7 Å². The summed E-state index contributed by atoms with van der Waals surface area (Å²) in [5.74, 6) is 1.76. The van der Waals surface area contributed by atoms with E-state index in [4.69, 9.17) is 9.72 Å². The number of fused-ring (bicyclic) bond motifs is 1. The number of ether oxygens (including phenoxy) is 1. The van der Waals surface area contributed by atoms with E-state index in [1.165, 1.54) is 17.5 Å². The van der Waals surface area contributed by atoms with E-state index >= 15 is 0 Å². The zero-order chi connectivity index (χ0) is 19.7. The average Bonchev–Trinajstić information content (AvgIpc) is 3.27. The molecular formula is C21H26N4O2S. The molecule has 0 spiro atoms. The predicted molar refractivity (Wildman–Crippen MR) is 111 cm³/mol. The molecule has 0 unspecified atom stereocenters. The fourth-order valence-corrected chi connectivity index (χ4v) is 4.43. The van der Waals surface area contributed by atoms with Crippen LogP contribution >= 0.6 is 11.9 Å². The second-order valence-corrected chi connectivity index (χ2v) is 9.42. The van der Waals surface area contributed by atoms with E-state index in [2.05, 4.69) is 48.6 Å². The molecule has 3 aromatic rings. The summed E-state index contributed by atoms with van der Waals surface area (Å²) < 4.78 is 9.63. The lowest BCUT2D eigenvalue weighted by Gasteiger charge is -2.26. The number of rotatable bonds is 5. The molecule has 1 aliphatic rings. The summed E-state index contributed by atoms with van der Waals surface area (Å²) in [6, 6.07) is 6.37. The number of imidazole rings is 1. The van der Waals surface area contributed by atoms with E-state index in [-0.39, 0.29) is 5.41 Å². The normalized spacial score (nSPS) is 16.0. The number of aromatic nitrogens is 4. The van der Waals surface area contributed by atoms with Gasteiger partial charge in [0, 0.05) is 48.2 Å². The standard InChI is InChI=1S/C21H26N4O2S/c1-21(2,3)20-23-18-10-17(28-25-13-16(14-26)11-22-25)4-5-19(18)24(20)12-15-6-8-27-9-7-15/h4-5,10-11,13-15H,6-9,12H2,1-3H3. The van der Waals surface area contributed by atoms with Crippen molar-refractivity contribution >= 4 is 29.3 Å². The number of carbonyl (C=O) groups is 1. The number of aldehydes is 1. The summed E-state index contributed by atoms with van der Waals surface area (Å²) in [5, 5.41) is 4.21. The van der Waals surface area contributed by atoms with Crippen molar-refractivity contribution in [2.75, 3.05) is 13.2 Å². The molecule has 3 heterocycles. The van der Waals surface area contributed by atoms with E-state index in [0.29, 0.717) is 11.5 Å². The van der Waals surface area contributed by atoms with Crippen LogP contribution in [0.4, 0.5) is 0 Å². The minimum Gasteiger partial charge on any atom is -0.381 e. The van der Waals surface area contributed by atoms with Gasteiger partial charge >= 0.3 is 0 Å². The first-order valence-corrected chi connectivity index (χ1v) is 10.5. The topological polar surface area (TPSA) is 61.9 Å². The summed E-state index contributed by atoms with van der Waals surface area (Å²) in [5.41, 5.74) is 2.72. The summed E-state index contributed by atoms with van der Waals surface area (Å²) >= 11 is 1.48. The Morgan fingerprint density at radius 2 is 2.07 bits per heavy atom. The van der Waals surface area contributed by atoms with Gasteiger partial charge < -0.3 is 9.30 Å². The second-order valence-electron chi connectivity index (χ2n) is 8.39. The second kappa shape index (κ2) is 7.72. The van der Waals surface area contributed by atoms with Crippen LogP contribution in [0, 0.1) is 5.92 Å². The number of carbonyl (C=O) groups excluding carboxylic acids is 1. The number of hydrogen-bond acceptors (Lipinski definition) is 5. The van der Waals surface area contributed by atoms with Gasteiger partial charge in [-0.1, -0.05) is 20.8 Å². The van der Waals surface area contributed by atoms with Crippen LogP contribution in [0.25, 0.3) is 11.0 Å². The first kappa shape index (κ1) is 19.2. The van der Waals surface area contributed by atoms with Crippen LogP contribution in [0.2, 0.25) is 0 Å². The number of hydrogen-bond donors (Lipinski definition) is 0. The van der Waals surface area contributed by atoms with Crippen molar-refractivity contribution in [3.05, 3.63) is 42.0 Å². The molecule has 0 amide bonds. The number of nitrogens with zero attached hydrogens (tertiary/aromatic N) is 4. The molecule has 0 radical (unpaired) electrons. The summed E-state index contributed by atoms with van der Waals surface area (Å²) in [6.07, 6.45) is 6.32. The maximum Gasteiger partial charge on any atom is 0.153 e. The number of benzene rings is 1. The Bertz CT molecular complexity index is 980. The Morgan fingerprint density at radius 3 is 2.75 bits per heavy atom. The minimum absolute atomic E-state index is 0.0294. The molecular weight excluding hydrogens is 372 g/mol. The third kappa shape index (κ3) is 4.00. The molecule has 0 bridgehead atoms. The zero-order valence-corrected chi connectivity index (χ0v) is 17.4. The summed E-state index contributed by atoms with van der Waals surface area (Å²) in [4.78, 5) is 16.9. The van der Waals surface area contributed by atoms with Gasteiger partial charge in [0.05, 0.1) is 22.8 Å². The fraction of sp³-hybridized carbons (Fsp3) is 0.476. The molecule has 0 atom stereocenters. The summed E-state index contributed by atoms with van der Waals surface area (Å²) in [7, 11) is 0. The van der Waals surface area contributed by atoms with E-state index in [0.717, 1.165) is 55.1 Å². The van der Waals surface area contributed by atoms with Crippen molar-refractivity contribution in [2.45, 2.75) is 50.5 Å². The van der Waals surface area contributed by atoms with Gasteiger partial charge in [-0.15, -0.1) is 0 Å². The van der Waals surface area contributed by atoms with Crippen LogP contribution in [0.1, 0.15) is 49.8 Å². The van der Waals surface area contributed by atoms with Crippen LogP contribution in [0.3, 0.4) is 0 Å². The molecule has 0 N–H and O–H groups in total. The highest BCUT2D eigenvalue weighted by molar-refractivity contribution is 7.97. The Labute approximate surface area is 169 Å². The molecule has 4 rings (SSSR count). The van der Waals surface area contributed by atoms with Crippen molar-refractivity contribution in [2.24, 2.45) is 5.92 Å². The van der Waals surface area contributed by atoms with E-state index < -0.39 is 0 Å². The predicted octanol–water partition coefficient (Wildman–Crippen LogP) is 4.32. The molecule has 1 aliphatic heterocycles. The largest absolute Gasteiger partial charge is 0.381 e. The minimum atomic E-state index is -0.0294. The van der Waals surface area contributed by atoms with Gasteiger partial charge in [-0.2, -0.15) is 5.10 Å². The van der Waals surface area contributed by atoms with Crippen LogP contribution < -0.4 is 0 Å². The highest BCUT2D eigenvalue weighted by Gasteiger charge is 2.25. The van der Waals surface area contributed by atoms with Crippen molar-refractivity contribution in [3.8, 4) is 0 Å². The lowest BCUT2D eigenvalue weighted by molar-refractivity contribution is 0.0611. The van der Waals surface area contributed by atoms with Gasteiger partial charge in [0.25, 0.3) is 0 Å². The average molecular weight is 399 g/mol. The molecule has 148 valence electrons. The van der Waals surface area contributed by atoms with Crippen LogP contribution in [-0.4, -0.2) is 38.2 Å². The first-order valence-electron chi connectivity index (χ1n) is 9.71. The zero-order valence-electron chi connectivity index (χ0n) is 16.6. The van der Waals surface area contributed by atoms with E-state index in [1.54, 1.807) is 16.5 Å². The van der Waals surface area contributed by atoms with Crippen LogP contribution in [0.5, 0.6) is 0 Å². The first-order chi connectivity index (χ1) is 13.4. The summed E-state index contributed by atoms with van der Waals surface area (Å²) in [6.45, 7) is 9.35. The molecule has 0 aliphatic carbocycles. The van der Waals surface area contributed by atoms with Crippen molar-refractivity contribution in [1.29, 1.82) is 0 Å². The third-order valence-electron chi connectivity index (χ3n) is 5.09. The SMILES string of the molecule is CC(C)(C)c1nc2cc(Sn3cc(C=O)cn3)ccc2n1CC1CCOCC1. The monoisotopic (exact) mass is 398 g/mol. The third-order valence-corrected chi connectivity index (χ3v) is 5.94. The van der Waals surface area contributed by atoms with Gasteiger partial charge in [0.15, 0.2) is 6.29 Å². The van der Waals surface area contributed by atoms with Gasteiger partial charge in [0.2, 0.25) is 0 Å². The highest BCUT2D eigenvalue weighted by Crippen LogP contribution is 2.31. The van der Waals surface area contributed by atoms with E-state index in [1.807, 2.05) is 0 Å². The van der Waals surface area contributed by atoms with Crippen molar-refractivity contribution in [1.82, 2.24) is 18.7 Å². The quantitative estimate of drug-likeness (QED) is 0.599. The van der Waals surface area contributed by atoms with Gasteiger partial charge in [-0.05, 0) is 37.0 Å². The molecule has 7 heteroatoms. The Balaban J connectivity index is 1.67. The molecule has 2 aromatic heterocycles. The molecule has 1 saturated heterocycles. The lowest BCUT2D eigenvalue weighted by Crippen LogP contribution is -2.25. The van der Waals surface area contributed by atoms with E-state index in [9.17, 15) is 4.79 Å². The van der Waals surface area contributed by atoms with Gasteiger partial charge in [-0.25, -0.2) is 9.07 Å². The maximum atomic E-state index is 10.9. The smallest absolute Gasteiger partial charge is 0.153 e. The molecule has 28 heavy (non-hydrogen) atoms. The highest BCUT2D eigenvalue weighted by atomic mass is 32.2. The molecule has 6 nitrogen and oxygen atoms in total. The fourth-order valence-electron chi connectivity index (χ4n) is 3.65. The van der Waals surface area contributed by atoms with Crippen molar-refractivity contribution < 1.29 is 9.53 Å².